The second-order valence-electron chi connectivity index (χ2n) is 2.77. The van der Waals surface area contributed by atoms with E-state index in [-0.39, 0.29) is 5.91 Å². The fourth-order valence-electron chi connectivity index (χ4n) is 1.01. The van der Waals surface area contributed by atoms with Crippen LogP contribution in [0.25, 0.3) is 10.4 Å². The standard InChI is InChI=1S/C9H10N4O/c1-7(14)12-9-4-2-8(3-5-9)6-11-13-10/h2-5H,6H2,1H3,(H,12,14). The van der Waals surface area contributed by atoms with Crippen molar-refractivity contribution in [1.82, 2.24) is 0 Å². The van der Waals surface area contributed by atoms with Gasteiger partial charge in [-0.3, -0.25) is 4.79 Å². The van der Waals surface area contributed by atoms with Crippen LogP contribution in [0.4, 0.5) is 5.69 Å². The van der Waals surface area contributed by atoms with E-state index in [2.05, 4.69) is 15.3 Å². The Morgan fingerprint density at radius 1 is 1.50 bits per heavy atom. The van der Waals surface area contributed by atoms with Crippen molar-refractivity contribution in [1.29, 1.82) is 0 Å². The third-order valence-corrected chi connectivity index (χ3v) is 1.59. The van der Waals surface area contributed by atoms with Gasteiger partial charge in [0.15, 0.2) is 0 Å². The zero-order chi connectivity index (χ0) is 10.4. The number of rotatable bonds is 3. The maximum atomic E-state index is 10.7. The summed E-state index contributed by atoms with van der Waals surface area (Å²) < 4.78 is 0. The van der Waals surface area contributed by atoms with E-state index in [0.717, 1.165) is 11.3 Å². The number of benzene rings is 1. The van der Waals surface area contributed by atoms with Crippen LogP contribution < -0.4 is 5.32 Å². The van der Waals surface area contributed by atoms with E-state index in [1.165, 1.54) is 6.92 Å². The van der Waals surface area contributed by atoms with E-state index in [4.69, 9.17) is 5.53 Å². The molecular weight excluding hydrogens is 180 g/mol. The quantitative estimate of drug-likeness (QED) is 0.443. The zero-order valence-corrected chi connectivity index (χ0v) is 7.77. The molecule has 0 fully saturated rings. The zero-order valence-electron chi connectivity index (χ0n) is 7.77. The third kappa shape index (κ3) is 3.16. The molecule has 0 bridgehead atoms. The number of carbonyl (C=O) groups excluding carboxylic acids is 1. The Labute approximate surface area is 81.4 Å². The average molecular weight is 190 g/mol. The highest BCUT2D eigenvalue weighted by molar-refractivity contribution is 5.88. The number of hydrogen-bond donors (Lipinski definition) is 1. The van der Waals surface area contributed by atoms with Gasteiger partial charge in [0.05, 0.1) is 6.54 Å². The Morgan fingerprint density at radius 3 is 2.64 bits per heavy atom. The van der Waals surface area contributed by atoms with Crippen LogP contribution in [0.1, 0.15) is 12.5 Å². The lowest BCUT2D eigenvalue weighted by Gasteiger charge is -2.01. The third-order valence-electron chi connectivity index (χ3n) is 1.59. The first-order chi connectivity index (χ1) is 6.72. The number of anilines is 1. The van der Waals surface area contributed by atoms with Crippen LogP contribution in [0, 0.1) is 0 Å². The van der Waals surface area contributed by atoms with Crippen molar-refractivity contribution in [2.24, 2.45) is 5.11 Å². The molecule has 0 aliphatic heterocycles. The molecule has 0 aliphatic rings. The Balaban J connectivity index is 2.68. The first-order valence-corrected chi connectivity index (χ1v) is 4.10. The summed E-state index contributed by atoms with van der Waals surface area (Å²) in [5.41, 5.74) is 9.75. The molecule has 72 valence electrons. The molecule has 1 N–H and O–H groups in total. The average Bonchev–Trinajstić information content (AvgIpc) is 2.16. The summed E-state index contributed by atoms with van der Waals surface area (Å²) in [5, 5.41) is 6.07. The van der Waals surface area contributed by atoms with Gasteiger partial charge < -0.3 is 5.32 Å². The van der Waals surface area contributed by atoms with E-state index < -0.39 is 0 Å². The van der Waals surface area contributed by atoms with E-state index in [9.17, 15) is 4.79 Å². The van der Waals surface area contributed by atoms with Gasteiger partial charge in [0.2, 0.25) is 5.91 Å². The molecule has 0 atom stereocenters. The van der Waals surface area contributed by atoms with Crippen molar-refractivity contribution >= 4 is 11.6 Å². The monoisotopic (exact) mass is 190 g/mol. The second kappa shape index (κ2) is 4.89. The summed E-state index contributed by atoms with van der Waals surface area (Å²) >= 11 is 0. The Hall–Kier alpha value is -2.00. The first-order valence-electron chi connectivity index (χ1n) is 4.10. The Bertz CT molecular complexity index is 342. The summed E-state index contributed by atoms with van der Waals surface area (Å²) in [6.07, 6.45) is 0. The van der Waals surface area contributed by atoms with Crippen LogP contribution in [0.5, 0.6) is 0 Å². The van der Waals surface area contributed by atoms with Crippen LogP contribution in [-0.4, -0.2) is 5.91 Å². The minimum Gasteiger partial charge on any atom is -0.326 e. The van der Waals surface area contributed by atoms with Gasteiger partial charge >= 0.3 is 0 Å². The molecule has 1 amide bonds. The molecule has 0 heterocycles. The smallest absolute Gasteiger partial charge is 0.221 e. The van der Waals surface area contributed by atoms with E-state index in [1.807, 2.05) is 0 Å². The molecule has 1 aromatic carbocycles. The van der Waals surface area contributed by atoms with Gasteiger partial charge in [-0.15, -0.1) is 0 Å². The van der Waals surface area contributed by atoms with Crippen LogP contribution >= 0.6 is 0 Å². The SMILES string of the molecule is CC(=O)Nc1ccc(CN=[N+]=[N-])cc1. The molecule has 5 heteroatoms. The molecule has 1 aromatic rings. The molecule has 0 aliphatic carbocycles. The van der Waals surface area contributed by atoms with Crippen LogP contribution in [0.15, 0.2) is 29.4 Å². The van der Waals surface area contributed by atoms with E-state index in [0.29, 0.717) is 6.54 Å². The van der Waals surface area contributed by atoms with Crippen molar-refractivity contribution in [3.05, 3.63) is 40.3 Å². The van der Waals surface area contributed by atoms with Crippen molar-refractivity contribution in [3.63, 3.8) is 0 Å². The van der Waals surface area contributed by atoms with Crippen molar-refractivity contribution in [2.75, 3.05) is 5.32 Å². The molecule has 5 nitrogen and oxygen atoms in total. The lowest BCUT2D eigenvalue weighted by Crippen LogP contribution is -2.05. The number of nitrogens with zero attached hydrogens (tertiary/aromatic N) is 3. The second-order valence-corrected chi connectivity index (χ2v) is 2.77. The highest BCUT2D eigenvalue weighted by atomic mass is 16.1. The topological polar surface area (TPSA) is 77.9 Å². The summed E-state index contributed by atoms with van der Waals surface area (Å²) in [6.45, 7) is 1.78. The van der Waals surface area contributed by atoms with Gasteiger partial charge in [-0.2, -0.15) is 0 Å². The lowest BCUT2D eigenvalue weighted by molar-refractivity contribution is -0.114. The number of carbonyl (C=O) groups is 1. The normalized spacial score (nSPS) is 8.93. The van der Waals surface area contributed by atoms with Gasteiger partial charge in [-0.05, 0) is 23.2 Å². The molecule has 0 spiro atoms. The van der Waals surface area contributed by atoms with Gasteiger partial charge in [-0.1, -0.05) is 17.2 Å². The maximum absolute atomic E-state index is 10.7. The molecule has 0 saturated carbocycles. The van der Waals surface area contributed by atoms with Crippen molar-refractivity contribution in [2.45, 2.75) is 13.5 Å². The molecular formula is C9H10N4O. The Kier molecular flexibility index (Phi) is 3.52. The highest BCUT2D eigenvalue weighted by Gasteiger charge is 1.94. The van der Waals surface area contributed by atoms with E-state index in [1.54, 1.807) is 24.3 Å². The van der Waals surface area contributed by atoms with E-state index >= 15 is 0 Å². The van der Waals surface area contributed by atoms with Gasteiger partial charge in [0, 0.05) is 17.5 Å². The minimum atomic E-state index is -0.104. The number of azide groups is 1. The predicted molar refractivity (Wildman–Crippen MR) is 53.6 cm³/mol. The molecule has 0 aromatic heterocycles. The van der Waals surface area contributed by atoms with Gasteiger partial charge in [0.25, 0.3) is 0 Å². The molecule has 0 unspecified atom stereocenters. The molecule has 0 radical (unpaired) electrons. The first kappa shape index (κ1) is 10.1. The molecule has 1 rings (SSSR count). The fourth-order valence-corrected chi connectivity index (χ4v) is 1.01. The van der Waals surface area contributed by atoms with Crippen molar-refractivity contribution < 1.29 is 4.79 Å². The number of hydrogen-bond acceptors (Lipinski definition) is 2. The molecule has 14 heavy (non-hydrogen) atoms. The minimum absolute atomic E-state index is 0.104. The number of nitrogens with one attached hydrogen (secondary N) is 1. The summed E-state index contributed by atoms with van der Waals surface area (Å²) in [7, 11) is 0. The highest BCUT2D eigenvalue weighted by Crippen LogP contribution is 2.10. The molecule has 0 saturated heterocycles. The lowest BCUT2D eigenvalue weighted by atomic mass is 10.2. The summed E-state index contributed by atoms with van der Waals surface area (Å²) in [6, 6.07) is 7.15. The van der Waals surface area contributed by atoms with Crippen molar-refractivity contribution in [3.8, 4) is 0 Å². The Morgan fingerprint density at radius 2 is 2.14 bits per heavy atom. The van der Waals surface area contributed by atoms with Crippen LogP contribution in [0.3, 0.4) is 0 Å². The fraction of sp³-hybridized carbons (Fsp3) is 0.222. The predicted octanol–water partition coefficient (Wildman–Crippen LogP) is 2.46. The van der Waals surface area contributed by atoms with Gasteiger partial charge in [0.1, 0.15) is 0 Å². The maximum Gasteiger partial charge on any atom is 0.221 e. The number of amides is 1. The summed E-state index contributed by atoms with van der Waals surface area (Å²) in [5.74, 6) is -0.104. The largest absolute Gasteiger partial charge is 0.326 e. The van der Waals surface area contributed by atoms with Crippen LogP contribution in [-0.2, 0) is 11.3 Å². The van der Waals surface area contributed by atoms with Crippen LogP contribution in [0.2, 0.25) is 0 Å². The van der Waals surface area contributed by atoms with Gasteiger partial charge in [-0.25, -0.2) is 0 Å². The summed E-state index contributed by atoms with van der Waals surface area (Å²) in [4.78, 5) is 13.3.